The molecule has 0 spiro atoms. The second-order valence-corrected chi connectivity index (χ2v) is 5.75. The van der Waals surface area contributed by atoms with E-state index in [1.54, 1.807) is 31.2 Å². The standard InChI is InChI=1S/C16H15N5O3S/c1-2-24-16(23)12-5-3-4-6-13(12)17-14(22)9-21-19-15(18-20-21)11-7-8-25-10-11/h3-8,10H,2,9H2,1H3,(H,17,22). The number of nitrogens with zero attached hydrogens (tertiary/aromatic N) is 4. The lowest BCUT2D eigenvalue weighted by Gasteiger charge is -2.09. The number of tetrazole rings is 1. The second-order valence-electron chi connectivity index (χ2n) is 4.97. The summed E-state index contributed by atoms with van der Waals surface area (Å²) in [6, 6.07) is 8.53. The number of hydrogen-bond donors (Lipinski definition) is 1. The third-order valence-electron chi connectivity index (χ3n) is 3.21. The van der Waals surface area contributed by atoms with Crippen LogP contribution in [0.1, 0.15) is 17.3 Å². The molecule has 9 heteroatoms. The summed E-state index contributed by atoms with van der Waals surface area (Å²) in [5.41, 5.74) is 1.52. The molecule has 2 heterocycles. The number of amides is 1. The fraction of sp³-hybridized carbons (Fsp3) is 0.188. The van der Waals surface area contributed by atoms with Crippen LogP contribution in [0.3, 0.4) is 0 Å². The second kappa shape index (κ2) is 7.67. The van der Waals surface area contributed by atoms with Crippen molar-refractivity contribution in [3.63, 3.8) is 0 Å². The molecule has 0 saturated carbocycles. The lowest BCUT2D eigenvalue weighted by atomic mass is 10.2. The van der Waals surface area contributed by atoms with Crippen molar-refractivity contribution >= 4 is 28.9 Å². The van der Waals surface area contributed by atoms with Gasteiger partial charge in [0.1, 0.15) is 6.54 Å². The molecule has 1 aromatic carbocycles. The fourth-order valence-electron chi connectivity index (χ4n) is 2.11. The SMILES string of the molecule is CCOC(=O)c1ccccc1NC(=O)Cn1nnc(-c2ccsc2)n1. The Kier molecular flexibility index (Phi) is 5.14. The minimum atomic E-state index is -0.489. The number of carbonyl (C=O) groups is 2. The van der Waals surface area contributed by atoms with E-state index in [2.05, 4.69) is 20.7 Å². The number of ether oxygens (including phenoxy) is 1. The zero-order chi connectivity index (χ0) is 17.6. The topological polar surface area (TPSA) is 99.0 Å². The monoisotopic (exact) mass is 357 g/mol. The Bertz CT molecular complexity index is 876. The van der Waals surface area contributed by atoms with Crippen molar-refractivity contribution in [1.29, 1.82) is 0 Å². The number of thiophene rings is 1. The fourth-order valence-corrected chi connectivity index (χ4v) is 2.75. The number of benzene rings is 1. The Morgan fingerprint density at radius 1 is 1.28 bits per heavy atom. The van der Waals surface area contributed by atoms with Crippen LogP contribution in [0.4, 0.5) is 5.69 Å². The van der Waals surface area contributed by atoms with Gasteiger partial charge in [0.25, 0.3) is 0 Å². The average molecular weight is 357 g/mol. The molecule has 3 aromatic rings. The van der Waals surface area contributed by atoms with Crippen LogP contribution in [-0.4, -0.2) is 38.7 Å². The van der Waals surface area contributed by atoms with E-state index < -0.39 is 5.97 Å². The van der Waals surface area contributed by atoms with Crippen molar-refractivity contribution in [2.24, 2.45) is 0 Å². The van der Waals surface area contributed by atoms with Crippen molar-refractivity contribution in [1.82, 2.24) is 20.2 Å². The van der Waals surface area contributed by atoms with Gasteiger partial charge >= 0.3 is 5.97 Å². The molecule has 1 amide bonds. The Balaban J connectivity index is 1.68. The number of aromatic nitrogens is 4. The van der Waals surface area contributed by atoms with Gasteiger partial charge in [0.05, 0.1) is 17.9 Å². The molecule has 0 atom stereocenters. The van der Waals surface area contributed by atoms with Gasteiger partial charge in [0, 0.05) is 10.9 Å². The van der Waals surface area contributed by atoms with Gasteiger partial charge in [-0.25, -0.2) is 4.79 Å². The number of para-hydroxylation sites is 1. The van der Waals surface area contributed by atoms with Crippen molar-refractivity contribution in [2.45, 2.75) is 13.5 Å². The Morgan fingerprint density at radius 3 is 2.88 bits per heavy atom. The maximum atomic E-state index is 12.2. The summed E-state index contributed by atoms with van der Waals surface area (Å²) in [5, 5.41) is 18.4. The Hall–Kier alpha value is -3.07. The molecule has 128 valence electrons. The normalized spacial score (nSPS) is 10.4. The molecule has 0 aliphatic carbocycles. The molecular formula is C16H15N5O3S. The predicted octanol–water partition coefficient (Wildman–Crippen LogP) is 2.22. The van der Waals surface area contributed by atoms with Gasteiger partial charge in [-0.15, -0.1) is 10.2 Å². The lowest BCUT2D eigenvalue weighted by molar-refractivity contribution is -0.117. The van der Waals surface area contributed by atoms with E-state index in [4.69, 9.17) is 4.74 Å². The van der Waals surface area contributed by atoms with E-state index in [1.807, 2.05) is 16.8 Å². The molecule has 3 rings (SSSR count). The van der Waals surface area contributed by atoms with E-state index in [0.29, 0.717) is 17.1 Å². The summed E-state index contributed by atoms with van der Waals surface area (Å²) < 4.78 is 4.98. The first-order valence-corrected chi connectivity index (χ1v) is 8.48. The predicted molar refractivity (Wildman–Crippen MR) is 92.2 cm³/mol. The molecule has 0 aliphatic heterocycles. The van der Waals surface area contributed by atoms with Gasteiger partial charge in [0.15, 0.2) is 0 Å². The lowest BCUT2D eigenvalue weighted by Crippen LogP contribution is -2.22. The maximum absolute atomic E-state index is 12.2. The van der Waals surface area contributed by atoms with Gasteiger partial charge in [0.2, 0.25) is 11.7 Å². The quantitative estimate of drug-likeness (QED) is 0.679. The molecule has 0 saturated heterocycles. The van der Waals surface area contributed by atoms with Gasteiger partial charge < -0.3 is 10.1 Å². The van der Waals surface area contributed by atoms with E-state index in [9.17, 15) is 9.59 Å². The van der Waals surface area contributed by atoms with Crippen LogP contribution < -0.4 is 5.32 Å². The largest absolute Gasteiger partial charge is 0.462 e. The van der Waals surface area contributed by atoms with Crippen molar-refractivity contribution in [3.05, 3.63) is 46.7 Å². The first-order chi connectivity index (χ1) is 12.2. The first kappa shape index (κ1) is 16.8. The zero-order valence-electron chi connectivity index (χ0n) is 13.4. The highest BCUT2D eigenvalue weighted by Gasteiger charge is 2.15. The van der Waals surface area contributed by atoms with Crippen LogP contribution in [0, 0.1) is 0 Å². The maximum Gasteiger partial charge on any atom is 0.340 e. The van der Waals surface area contributed by atoms with Crippen molar-refractivity contribution < 1.29 is 14.3 Å². The zero-order valence-corrected chi connectivity index (χ0v) is 14.2. The van der Waals surface area contributed by atoms with Gasteiger partial charge in [-0.05, 0) is 35.7 Å². The molecule has 0 fully saturated rings. The summed E-state index contributed by atoms with van der Waals surface area (Å²) in [5.74, 6) is -0.399. The molecule has 0 radical (unpaired) electrons. The van der Waals surface area contributed by atoms with Gasteiger partial charge in [-0.3, -0.25) is 4.79 Å². The van der Waals surface area contributed by atoms with Crippen molar-refractivity contribution in [3.8, 4) is 11.4 Å². The summed E-state index contributed by atoms with van der Waals surface area (Å²) >= 11 is 1.53. The number of hydrogen-bond acceptors (Lipinski definition) is 7. The smallest absolute Gasteiger partial charge is 0.340 e. The van der Waals surface area contributed by atoms with Crippen LogP contribution in [-0.2, 0) is 16.1 Å². The molecule has 0 aliphatic rings. The summed E-state index contributed by atoms with van der Waals surface area (Å²) in [7, 11) is 0. The van der Waals surface area contributed by atoms with Gasteiger partial charge in [-0.1, -0.05) is 12.1 Å². The minimum absolute atomic E-state index is 0.117. The van der Waals surface area contributed by atoms with E-state index in [-0.39, 0.29) is 19.1 Å². The summed E-state index contributed by atoms with van der Waals surface area (Å²) in [4.78, 5) is 25.4. The summed E-state index contributed by atoms with van der Waals surface area (Å²) in [6.07, 6.45) is 0. The average Bonchev–Trinajstić information content (AvgIpc) is 3.26. The number of esters is 1. The molecule has 0 bridgehead atoms. The molecule has 2 aromatic heterocycles. The van der Waals surface area contributed by atoms with Crippen LogP contribution in [0.25, 0.3) is 11.4 Å². The number of anilines is 1. The molecule has 0 unspecified atom stereocenters. The van der Waals surface area contributed by atoms with Crippen LogP contribution in [0.15, 0.2) is 41.1 Å². The van der Waals surface area contributed by atoms with Crippen LogP contribution >= 0.6 is 11.3 Å². The first-order valence-electron chi connectivity index (χ1n) is 7.53. The number of carbonyl (C=O) groups excluding carboxylic acids is 2. The highest BCUT2D eigenvalue weighted by Crippen LogP contribution is 2.17. The van der Waals surface area contributed by atoms with Crippen molar-refractivity contribution in [2.75, 3.05) is 11.9 Å². The Labute approximate surface area is 147 Å². The van der Waals surface area contributed by atoms with Crippen LogP contribution in [0.2, 0.25) is 0 Å². The highest BCUT2D eigenvalue weighted by molar-refractivity contribution is 7.08. The van der Waals surface area contributed by atoms with Crippen LogP contribution in [0.5, 0.6) is 0 Å². The van der Waals surface area contributed by atoms with E-state index >= 15 is 0 Å². The minimum Gasteiger partial charge on any atom is -0.462 e. The molecule has 8 nitrogen and oxygen atoms in total. The molecular weight excluding hydrogens is 342 g/mol. The number of nitrogens with one attached hydrogen (secondary N) is 1. The third kappa shape index (κ3) is 4.07. The van der Waals surface area contributed by atoms with Gasteiger partial charge in [-0.2, -0.15) is 16.1 Å². The molecule has 1 N–H and O–H groups in total. The third-order valence-corrected chi connectivity index (χ3v) is 3.90. The summed E-state index contributed by atoms with van der Waals surface area (Å²) in [6.45, 7) is 1.87. The number of rotatable bonds is 6. The Morgan fingerprint density at radius 2 is 2.12 bits per heavy atom. The molecule has 25 heavy (non-hydrogen) atoms. The van der Waals surface area contributed by atoms with E-state index in [0.717, 1.165) is 5.56 Å². The van der Waals surface area contributed by atoms with E-state index in [1.165, 1.54) is 16.1 Å². The highest BCUT2D eigenvalue weighted by atomic mass is 32.1.